The molecule has 0 heterocycles. The molecule has 4 nitrogen and oxygen atoms in total. The van der Waals surface area contributed by atoms with Crippen LogP contribution in [0.1, 0.15) is 5.56 Å². The zero-order chi connectivity index (χ0) is 12.5. The molecule has 2 N–H and O–H groups in total. The largest absolute Gasteiger partial charge is 0.395 e. The standard InChI is InChI=1S/C13H22N2O2/c1-14-11-12-5-3-4-6-13(12)15(7-9-16)8-10-17-2/h3-6,14,16H,7-11H2,1-2H3. The molecule has 0 aliphatic rings. The molecule has 0 unspecified atom stereocenters. The van der Waals surface area contributed by atoms with Crippen LogP contribution >= 0.6 is 0 Å². The van der Waals surface area contributed by atoms with E-state index in [0.29, 0.717) is 13.2 Å². The number of aliphatic hydroxyl groups excluding tert-OH is 1. The van der Waals surface area contributed by atoms with Gasteiger partial charge in [-0.2, -0.15) is 0 Å². The second kappa shape index (κ2) is 8.06. The molecule has 0 aromatic heterocycles. The van der Waals surface area contributed by atoms with E-state index in [2.05, 4.69) is 22.3 Å². The van der Waals surface area contributed by atoms with Gasteiger partial charge >= 0.3 is 0 Å². The lowest BCUT2D eigenvalue weighted by Crippen LogP contribution is -2.31. The Labute approximate surface area is 103 Å². The molecule has 0 atom stereocenters. The molecule has 96 valence electrons. The van der Waals surface area contributed by atoms with Gasteiger partial charge in [0.2, 0.25) is 0 Å². The quantitative estimate of drug-likeness (QED) is 0.705. The third-order valence-electron chi connectivity index (χ3n) is 2.63. The van der Waals surface area contributed by atoms with Gasteiger partial charge < -0.3 is 20.1 Å². The van der Waals surface area contributed by atoms with Gasteiger partial charge in [0.1, 0.15) is 0 Å². The van der Waals surface area contributed by atoms with Crippen molar-refractivity contribution in [3.8, 4) is 0 Å². The van der Waals surface area contributed by atoms with E-state index in [1.54, 1.807) is 7.11 Å². The minimum Gasteiger partial charge on any atom is -0.395 e. The summed E-state index contributed by atoms with van der Waals surface area (Å²) >= 11 is 0. The van der Waals surface area contributed by atoms with Crippen LogP contribution in [-0.4, -0.2) is 45.6 Å². The summed E-state index contributed by atoms with van der Waals surface area (Å²) in [5.41, 5.74) is 2.40. The van der Waals surface area contributed by atoms with Crippen LogP contribution in [0.15, 0.2) is 24.3 Å². The van der Waals surface area contributed by atoms with Gasteiger partial charge in [0.15, 0.2) is 0 Å². The highest BCUT2D eigenvalue weighted by molar-refractivity contribution is 5.53. The summed E-state index contributed by atoms with van der Waals surface area (Å²) < 4.78 is 5.10. The van der Waals surface area contributed by atoms with Crippen molar-refractivity contribution >= 4 is 5.69 Å². The number of methoxy groups -OCH3 is 1. The van der Waals surface area contributed by atoms with Crippen LogP contribution in [0.2, 0.25) is 0 Å². The van der Waals surface area contributed by atoms with Crippen LogP contribution < -0.4 is 10.2 Å². The van der Waals surface area contributed by atoms with Gasteiger partial charge in [-0.3, -0.25) is 0 Å². The fourth-order valence-electron chi connectivity index (χ4n) is 1.83. The molecule has 0 amide bonds. The van der Waals surface area contributed by atoms with E-state index in [1.165, 1.54) is 5.56 Å². The lowest BCUT2D eigenvalue weighted by Gasteiger charge is -2.26. The van der Waals surface area contributed by atoms with Gasteiger partial charge in [-0.25, -0.2) is 0 Å². The number of aliphatic hydroxyl groups is 1. The van der Waals surface area contributed by atoms with Gasteiger partial charge in [-0.05, 0) is 18.7 Å². The molecular weight excluding hydrogens is 216 g/mol. The van der Waals surface area contributed by atoms with E-state index in [9.17, 15) is 0 Å². The lowest BCUT2D eigenvalue weighted by molar-refractivity contribution is 0.203. The number of hydrogen-bond acceptors (Lipinski definition) is 4. The number of rotatable bonds is 8. The summed E-state index contributed by atoms with van der Waals surface area (Å²) in [6, 6.07) is 8.23. The molecule has 0 spiro atoms. The zero-order valence-electron chi connectivity index (χ0n) is 10.6. The Morgan fingerprint density at radius 3 is 2.71 bits per heavy atom. The number of benzene rings is 1. The minimum absolute atomic E-state index is 0.150. The number of ether oxygens (including phenoxy) is 1. The van der Waals surface area contributed by atoms with Crippen molar-refractivity contribution in [3.05, 3.63) is 29.8 Å². The third kappa shape index (κ3) is 4.34. The number of nitrogens with zero attached hydrogens (tertiary/aromatic N) is 1. The topological polar surface area (TPSA) is 44.7 Å². The maximum Gasteiger partial charge on any atom is 0.0637 e. The van der Waals surface area contributed by atoms with Gasteiger partial charge in [0.05, 0.1) is 13.2 Å². The van der Waals surface area contributed by atoms with Crippen LogP contribution in [0.3, 0.4) is 0 Å². The van der Waals surface area contributed by atoms with Crippen molar-refractivity contribution in [2.45, 2.75) is 6.54 Å². The summed E-state index contributed by atoms with van der Waals surface area (Å²) in [6.45, 7) is 3.05. The van der Waals surface area contributed by atoms with Gasteiger partial charge in [0.25, 0.3) is 0 Å². The normalized spacial score (nSPS) is 10.5. The molecule has 1 aromatic rings. The van der Waals surface area contributed by atoms with Crippen LogP contribution in [0.4, 0.5) is 5.69 Å². The number of anilines is 1. The van der Waals surface area contributed by atoms with Crippen LogP contribution in [0.5, 0.6) is 0 Å². The number of nitrogens with one attached hydrogen (secondary N) is 1. The lowest BCUT2D eigenvalue weighted by atomic mass is 10.1. The maximum atomic E-state index is 9.12. The van der Waals surface area contributed by atoms with E-state index in [4.69, 9.17) is 9.84 Å². The molecule has 0 saturated heterocycles. The Morgan fingerprint density at radius 1 is 1.29 bits per heavy atom. The van der Waals surface area contributed by atoms with Gasteiger partial charge in [-0.1, -0.05) is 18.2 Å². The Balaban J connectivity index is 2.83. The Kier molecular flexibility index (Phi) is 6.62. The summed E-state index contributed by atoms with van der Waals surface area (Å²) in [5, 5.41) is 12.3. The highest BCUT2D eigenvalue weighted by Crippen LogP contribution is 2.19. The highest BCUT2D eigenvalue weighted by atomic mass is 16.5. The van der Waals surface area contributed by atoms with Crippen LogP contribution in [0, 0.1) is 0 Å². The first-order valence-corrected chi connectivity index (χ1v) is 5.90. The number of hydrogen-bond donors (Lipinski definition) is 2. The van der Waals surface area contributed by atoms with Gasteiger partial charge in [-0.15, -0.1) is 0 Å². The molecule has 1 rings (SSSR count). The minimum atomic E-state index is 0.150. The Hall–Kier alpha value is -1.10. The van der Waals surface area contributed by atoms with Crippen LogP contribution in [0.25, 0.3) is 0 Å². The molecule has 17 heavy (non-hydrogen) atoms. The first-order valence-electron chi connectivity index (χ1n) is 5.90. The van der Waals surface area contributed by atoms with E-state index in [0.717, 1.165) is 18.8 Å². The smallest absolute Gasteiger partial charge is 0.0637 e. The molecule has 0 aliphatic heterocycles. The second-order valence-corrected chi connectivity index (χ2v) is 3.86. The average molecular weight is 238 g/mol. The molecule has 0 saturated carbocycles. The zero-order valence-corrected chi connectivity index (χ0v) is 10.6. The third-order valence-corrected chi connectivity index (χ3v) is 2.63. The first kappa shape index (κ1) is 14.0. The highest BCUT2D eigenvalue weighted by Gasteiger charge is 2.09. The van der Waals surface area contributed by atoms with Gasteiger partial charge in [0, 0.05) is 32.4 Å². The number of para-hydroxylation sites is 1. The monoisotopic (exact) mass is 238 g/mol. The van der Waals surface area contributed by atoms with E-state index >= 15 is 0 Å². The fraction of sp³-hybridized carbons (Fsp3) is 0.538. The summed E-state index contributed by atoms with van der Waals surface area (Å²) in [4.78, 5) is 2.15. The van der Waals surface area contributed by atoms with Crippen molar-refractivity contribution in [1.29, 1.82) is 0 Å². The van der Waals surface area contributed by atoms with Crippen molar-refractivity contribution in [1.82, 2.24) is 5.32 Å². The summed E-state index contributed by atoms with van der Waals surface area (Å²) in [6.07, 6.45) is 0. The predicted octanol–water partition coefficient (Wildman–Crippen LogP) is 0.851. The molecule has 0 aliphatic carbocycles. The molecule has 4 heteroatoms. The van der Waals surface area contributed by atoms with Crippen LogP contribution in [-0.2, 0) is 11.3 Å². The Bertz CT molecular complexity index is 318. The Morgan fingerprint density at radius 2 is 2.06 bits per heavy atom. The SMILES string of the molecule is CNCc1ccccc1N(CCO)CCOC. The average Bonchev–Trinajstić information content (AvgIpc) is 2.36. The molecule has 0 bridgehead atoms. The first-order chi connectivity index (χ1) is 8.33. The molecule has 0 radical (unpaired) electrons. The second-order valence-electron chi connectivity index (χ2n) is 3.86. The van der Waals surface area contributed by atoms with E-state index < -0.39 is 0 Å². The maximum absolute atomic E-state index is 9.12. The van der Waals surface area contributed by atoms with Crippen molar-refractivity contribution < 1.29 is 9.84 Å². The van der Waals surface area contributed by atoms with E-state index in [1.807, 2.05) is 19.2 Å². The fourth-order valence-corrected chi connectivity index (χ4v) is 1.83. The van der Waals surface area contributed by atoms with Crippen molar-refractivity contribution in [2.75, 3.05) is 45.4 Å². The summed E-state index contributed by atoms with van der Waals surface area (Å²) in [5.74, 6) is 0. The molecule has 0 fully saturated rings. The van der Waals surface area contributed by atoms with E-state index in [-0.39, 0.29) is 6.61 Å². The molecular formula is C13H22N2O2. The summed E-state index contributed by atoms with van der Waals surface area (Å²) in [7, 11) is 3.62. The predicted molar refractivity (Wildman–Crippen MR) is 70.4 cm³/mol. The molecule has 1 aromatic carbocycles. The van der Waals surface area contributed by atoms with Crippen molar-refractivity contribution in [2.24, 2.45) is 0 Å². The van der Waals surface area contributed by atoms with Crippen molar-refractivity contribution in [3.63, 3.8) is 0 Å².